The molecular weight excluding hydrogens is 252 g/mol. The Kier molecular flexibility index (Phi) is 5.16. The highest BCUT2D eigenvalue weighted by molar-refractivity contribution is 5.93. The summed E-state index contributed by atoms with van der Waals surface area (Å²) in [5, 5.41) is 0. The molecule has 2 rings (SSSR count). The Hall–Kier alpha value is -1.84. The third-order valence-corrected chi connectivity index (χ3v) is 3.76. The first-order valence-corrected chi connectivity index (χ1v) is 7.28. The minimum Gasteiger partial charge on any atom is -0.343 e. The molecule has 4 heteroatoms. The van der Waals surface area contributed by atoms with E-state index >= 15 is 0 Å². The zero-order valence-corrected chi connectivity index (χ0v) is 12.0. The van der Waals surface area contributed by atoms with E-state index in [1.807, 2.05) is 35.2 Å². The molecule has 0 atom stereocenters. The first-order chi connectivity index (χ1) is 9.68. The molecule has 1 fully saturated rings. The molecule has 1 heterocycles. The van der Waals surface area contributed by atoms with Gasteiger partial charge in [0.25, 0.3) is 0 Å². The van der Waals surface area contributed by atoms with Crippen LogP contribution in [-0.4, -0.2) is 36.9 Å². The van der Waals surface area contributed by atoms with Crippen LogP contribution in [0.1, 0.15) is 32.1 Å². The third kappa shape index (κ3) is 3.83. The molecular formula is C16H22N2O2. The average Bonchev–Trinajstić information content (AvgIpc) is 3.01. The predicted octanol–water partition coefficient (Wildman–Crippen LogP) is 2.44. The van der Waals surface area contributed by atoms with Gasteiger partial charge in [0.1, 0.15) is 0 Å². The lowest BCUT2D eigenvalue weighted by Crippen LogP contribution is -2.29. The molecule has 1 saturated heterocycles. The fourth-order valence-electron chi connectivity index (χ4n) is 2.48. The molecule has 1 aromatic carbocycles. The number of nitrogens with zero attached hydrogens (tertiary/aromatic N) is 2. The topological polar surface area (TPSA) is 40.6 Å². The number of carbonyl (C=O) groups excluding carboxylic acids is 2. The first kappa shape index (κ1) is 14.6. The van der Waals surface area contributed by atoms with Gasteiger partial charge in [-0.25, -0.2) is 0 Å². The summed E-state index contributed by atoms with van der Waals surface area (Å²) in [5.74, 6) is 0.253. The number of anilines is 1. The minimum atomic E-state index is 0.0606. The normalized spacial score (nSPS) is 14.3. The van der Waals surface area contributed by atoms with Gasteiger partial charge in [0, 0.05) is 38.7 Å². The molecule has 4 nitrogen and oxygen atoms in total. The van der Waals surface area contributed by atoms with Crippen molar-refractivity contribution >= 4 is 17.5 Å². The van der Waals surface area contributed by atoms with Crippen LogP contribution in [-0.2, 0) is 9.59 Å². The van der Waals surface area contributed by atoms with E-state index in [9.17, 15) is 9.59 Å². The quantitative estimate of drug-likeness (QED) is 0.827. The molecule has 2 amide bonds. The lowest BCUT2D eigenvalue weighted by molar-refractivity contribution is -0.130. The molecule has 0 aliphatic carbocycles. The van der Waals surface area contributed by atoms with Gasteiger partial charge in [-0.15, -0.1) is 0 Å². The van der Waals surface area contributed by atoms with Gasteiger partial charge in [-0.3, -0.25) is 9.59 Å². The van der Waals surface area contributed by atoms with Crippen LogP contribution in [0.3, 0.4) is 0 Å². The summed E-state index contributed by atoms with van der Waals surface area (Å²) in [5.41, 5.74) is 0.892. The SMILES string of the molecule is CN(C(=O)CCCC(=O)N1CCCC1)c1ccccc1. The molecule has 108 valence electrons. The molecule has 0 radical (unpaired) electrons. The Morgan fingerprint density at radius 3 is 2.40 bits per heavy atom. The minimum absolute atomic E-state index is 0.0606. The highest BCUT2D eigenvalue weighted by atomic mass is 16.2. The second kappa shape index (κ2) is 7.08. The van der Waals surface area contributed by atoms with E-state index in [2.05, 4.69) is 0 Å². The van der Waals surface area contributed by atoms with Gasteiger partial charge in [0.05, 0.1) is 0 Å². The summed E-state index contributed by atoms with van der Waals surface area (Å²) >= 11 is 0. The maximum atomic E-state index is 12.0. The molecule has 1 aromatic rings. The van der Waals surface area contributed by atoms with Crippen LogP contribution >= 0.6 is 0 Å². The number of para-hydroxylation sites is 1. The number of benzene rings is 1. The van der Waals surface area contributed by atoms with Crippen molar-refractivity contribution in [1.29, 1.82) is 0 Å². The number of likely N-dealkylation sites (tertiary alicyclic amines) is 1. The largest absolute Gasteiger partial charge is 0.343 e. The van der Waals surface area contributed by atoms with Crippen molar-refractivity contribution in [1.82, 2.24) is 4.90 Å². The second-order valence-electron chi connectivity index (χ2n) is 5.23. The molecule has 0 N–H and O–H groups in total. The zero-order valence-electron chi connectivity index (χ0n) is 12.0. The highest BCUT2D eigenvalue weighted by Gasteiger charge is 2.18. The van der Waals surface area contributed by atoms with Gasteiger partial charge >= 0.3 is 0 Å². The fraction of sp³-hybridized carbons (Fsp3) is 0.500. The van der Waals surface area contributed by atoms with E-state index in [1.165, 1.54) is 0 Å². The lowest BCUT2D eigenvalue weighted by atomic mass is 10.2. The summed E-state index contributed by atoms with van der Waals surface area (Å²) in [6, 6.07) is 9.57. The number of amides is 2. The van der Waals surface area contributed by atoms with Crippen molar-refractivity contribution in [2.75, 3.05) is 25.0 Å². The zero-order chi connectivity index (χ0) is 14.4. The van der Waals surface area contributed by atoms with E-state index in [4.69, 9.17) is 0 Å². The Morgan fingerprint density at radius 1 is 1.10 bits per heavy atom. The second-order valence-corrected chi connectivity index (χ2v) is 5.23. The van der Waals surface area contributed by atoms with E-state index in [1.54, 1.807) is 11.9 Å². The molecule has 0 aromatic heterocycles. The number of hydrogen-bond acceptors (Lipinski definition) is 2. The highest BCUT2D eigenvalue weighted by Crippen LogP contribution is 2.14. The third-order valence-electron chi connectivity index (χ3n) is 3.76. The summed E-state index contributed by atoms with van der Waals surface area (Å²) in [6.07, 6.45) is 3.76. The van der Waals surface area contributed by atoms with E-state index in [0.717, 1.165) is 31.6 Å². The summed E-state index contributed by atoms with van der Waals surface area (Å²) in [7, 11) is 1.78. The number of hydrogen-bond donors (Lipinski definition) is 0. The first-order valence-electron chi connectivity index (χ1n) is 7.28. The van der Waals surface area contributed by atoms with Crippen molar-refractivity contribution in [3.63, 3.8) is 0 Å². The van der Waals surface area contributed by atoms with Crippen LogP contribution in [0, 0.1) is 0 Å². The number of carbonyl (C=O) groups is 2. The molecule has 20 heavy (non-hydrogen) atoms. The van der Waals surface area contributed by atoms with Crippen LogP contribution < -0.4 is 4.90 Å². The van der Waals surface area contributed by atoms with Gasteiger partial charge in [-0.2, -0.15) is 0 Å². The summed E-state index contributed by atoms with van der Waals surface area (Å²) in [4.78, 5) is 27.5. The van der Waals surface area contributed by atoms with Crippen molar-refractivity contribution in [2.24, 2.45) is 0 Å². The predicted molar refractivity (Wildman–Crippen MR) is 79.5 cm³/mol. The standard InChI is InChI=1S/C16H22N2O2/c1-17(14-8-3-2-4-9-14)15(19)10-7-11-16(20)18-12-5-6-13-18/h2-4,8-9H,5-7,10-13H2,1H3. The lowest BCUT2D eigenvalue weighted by Gasteiger charge is -2.18. The summed E-state index contributed by atoms with van der Waals surface area (Å²) < 4.78 is 0. The Labute approximate surface area is 120 Å². The maximum Gasteiger partial charge on any atom is 0.226 e. The van der Waals surface area contributed by atoms with Gasteiger partial charge in [-0.1, -0.05) is 18.2 Å². The summed E-state index contributed by atoms with van der Waals surface area (Å²) in [6.45, 7) is 1.77. The molecule has 0 bridgehead atoms. The van der Waals surface area contributed by atoms with E-state index in [-0.39, 0.29) is 11.8 Å². The van der Waals surface area contributed by atoms with Gasteiger partial charge < -0.3 is 9.80 Å². The molecule has 0 spiro atoms. The van der Waals surface area contributed by atoms with E-state index in [0.29, 0.717) is 19.3 Å². The fourth-order valence-corrected chi connectivity index (χ4v) is 2.48. The van der Waals surface area contributed by atoms with Crippen molar-refractivity contribution in [3.8, 4) is 0 Å². The maximum absolute atomic E-state index is 12.0. The van der Waals surface area contributed by atoms with Crippen molar-refractivity contribution in [2.45, 2.75) is 32.1 Å². The smallest absolute Gasteiger partial charge is 0.226 e. The van der Waals surface area contributed by atoms with Gasteiger partial charge in [0.15, 0.2) is 0 Å². The van der Waals surface area contributed by atoms with Crippen LogP contribution in [0.5, 0.6) is 0 Å². The molecule has 0 unspecified atom stereocenters. The van der Waals surface area contributed by atoms with E-state index < -0.39 is 0 Å². The van der Waals surface area contributed by atoms with Crippen LogP contribution in [0.2, 0.25) is 0 Å². The van der Waals surface area contributed by atoms with Crippen molar-refractivity contribution < 1.29 is 9.59 Å². The van der Waals surface area contributed by atoms with Crippen LogP contribution in [0.15, 0.2) is 30.3 Å². The molecule has 1 aliphatic rings. The molecule has 1 aliphatic heterocycles. The Bertz CT molecular complexity index is 453. The monoisotopic (exact) mass is 274 g/mol. The molecule has 0 saturated carbocycles. The average molecular weight is 274 g/mol. The van der Waals surface area contributed by atoms with Crippen molar-refractivity contribution in [3.05, 3.63) is 30.3 Å². The Balaban J connectivity index is 1.73. The Morgan fingerprint density at radius 2 is 1.75 bits per heavy atom. The van der Waals surface area contributed by atoms with Gasteiger partial charge in [0.2, 0.25) is 11.8 Å². The number of rotatable bonds is 5. The van der Waals surface area contributed by atoms with Crippen LogP contribution in [0.4, 0.5) is 5.69 Å². The van der Waals surface area contributed by atoms with Gasteiger partial charge in [-0.05, 0) is 31.4 Å². The van der Waals surface area contributed by atoms with Crippen LogP contribution in [0.25, 0.3) is 0 Å².